The largest absolute Gasteiger partial charge is 0.497 e. The highest BCUT2D eigenvalue weighted by molar-refractivity contribution is 7.15. The van der Waals surface area contributed by atoms with E-state index < -0.39 is 30.4 Å². The number of amides is 2. The zero-order chi connectivity index (χ0) is 28.4. The van der Waals surface area contributed by atoms with Crippen molar-refractivity contribution in [2.75, 3.05) is 25.6 Å². The molecule has 5 rings (SSSR count). The van der Waals surface area contributed by atoms with Crippen molar-refractivity contribution in [1.82, 2.24) is 30.0 Å². The molecule has 13 heteroatoms. The van der Waals surface area contributed by atoms with Gasteiger partial charge in [-0.15, -0.1) is 11.3 Å². The molecule has 2 unspecified atom stereocenters. The summed E-state index contributed by atoms with van der Waals surface area (Å²) < 4.78 is 20.8. The average molecular weight is 566 g/mol. The fourth-order valence-corrected chi connectivity index (χ4v) is 5.62. The van der Waals surface area contributed by atoms with Crippen LogP contribution >= 0.6 is 11.3 Å². The minimum absolute atomic E-state index is 0.262. The summed E-state index contributed by atoms with van der Waals surface area (Å²) in [7, 11) is 3.21. The molecule has 0 fully saturated rings. The smallest absolute Gasteiger partial charge is 0.255 e. The molecule has 4 aromatic rings. The van der Waals surface area contributed by atoms with Gasteiger partial charge in [0.05, 0.1) is 42.1 Å². The van der Waals surface area contributed by atoms with Crippen molar-refractivity contribution in [2.24, 2.45) is 7.05 Å². The van der Waals surface area contributed by atoms with Crippen molar-refractivity contribution in [3.05, 3.63) is 70.6 Å². The van der Waals surface area contributed by atoms with E-state index in [9.17, 15) is 19.1 Å². The topological polar surface area (TPSA) is 134 Å². The first-order valence-corrected chi connectivity index (χ1v) is 13.4. The Kier molecular flexibility index (Phi) is 7.76. The zero-order valence-electron chi connectivity index (χ0n) is 22.1. The van der Waals surface area contributed by atoms with Crippen LogP contribution in [-0.4, -0.2) is 67.9 Å². The first-order valence-electron chi connectivity index (χ1n) is 12.5. The van der Waals surface area contributed by atoms with E-state index in [2.05, 4.69) is 25.7 Å². The minimum Gasteiger partial charge on any atom is -0.497 e. The van der Waals surface area contributed by atoms with E-state index in [1.165, 1.54) is 35.5 Å². The van der Waals surface area contributed by atoms with E-state index in [0.717, 1.165) is 15.6 Å². The van der Waals surface area contributed by atoms with Gasteiger partial charge in [-0.2, -0.15) is 5.10 Å². The van der Waals surface area contributed by atoms with E-state index in [-0.39, 0.29) is 11.7 Å². The number of nitrogens with one attached hydrogen (secondary N) is 2. The number of nitrogens with zero attached hydrogens (tertiary/aromatic N) is 5. The molecule has 1 aromatic carbocycles. The normalized spacial score (nSPS) is 14.4. The highest BCUT2D eigenvalue weighted by Gasteiger charge is 2.34. The second kappa shape index (κ2) is 11.4. The van der Waals surface area contributed by atoms with Crippen LogP contribution in [0.4, 0.5) is 16.2 Å². The molecule has 0 aliphatic carbocycles. The molecule has 0 saturated carbocycles. The number of aliphatic hydroxyl groups is 1. The molecule has 4 heterocycles. The number of aliphatic hydroxyl groups excluding tert-OH is 1. The molecule has 1 aliphatic heterocycles. The zero-order valence-corrected chi connectivity index (χ0v) is 22.9. The molecular formula is C27H28FN7O4S. The van der Waals surface area contributed by atoms with Crippen LogP contribution in [0.25, 0.3) is 10.6 Å². The van der Waals surface area contributed by atoms with Crippen LogP contribution in [0.3, 0.4) is 0 Å². The van der Waals surface area contributed by atoms with E-state index in [1.54, 1.807) is 49.2 Å². The van der Waals surface area contributed by atoms with Crippen LogP contribution in [0.2, 0.25) is 0 Å². The predicted molar refractivity (Wildman–Crippen MR) is 147 cm³/mol. The quantitative estimate of drug-likeness (QED) is 0.282. The maximum Gasteiger partial charge on any atom is 0.255 e. The summed E-state index contributed by atoms with van der Waals surface area (Å²) in [4.78, 5) is 38.7. The van der Waals surface area contributed by atoms with Gasteiger partial charge in [-0.25, -0.2) is 14.4 Å². The number of hydrogen-bond donors (Lipinski definition) is 3. The summed E-state index contributed by atoms with van der Waals surface area (Å²) in [5.74, 6) is 0.135. The number of aryl methyl sites for hydroxylation is 1. The first kappa shape index (κ1) is 27.2. The number of halogens is 1. The van der Waals surface area contributed by atoms with Gasteiger partial charge in [0, 0.05) is 43.2 Å². The van der Waals surface area contributed by atoms with Crippen molar-refractivity contribution in [3.63, 3.8) is 0 Å². The third kappa shape index (κ3) is 5.51. The Labute approximate surface area is 233 Å². The number of ether oxygens (including phenoxy) is 1. The van der Waals surface area contributed by atoms with Crippen molar-refractivity contribution < 1.29 is 23.8 Å². The van der Waals surface area contributed by atoms with Crippen molar-refractivity contribution >= 4 is 34.9 Å². The summed E-state index contributed by atoms with van der Waals surface area (Å²) in [6.07, 6.45) is 3.89. The molecule has 40 heavy (non-hydrogen) atoms. The molecule has 0 spiro atoms. The second-order valence-corrected chi connectivity index (χ2v) is 10.4. The van der Waals surface area contributed by atoms with Crippen LogP contribution in [-0.2, 0) is 18.3 Å². The Morgan fingerprint density at radius 1 is 1.25 bits per heavy atom. The molecular weight excluding hydrogens is 537 g/mol. The van der Waals surface area contributed by atoms with Crippen molar-refractivity contribution in [3.8, 4) is 16.3 Å². The molecule has 2 atom stereocenters. The molecule has 0 radical (unpaired) electrons. The van der Waals surface area contributed by atoms with Crippen LogP contribution < -0.4 is 15.4 Å². The maximum absolute atomic E-state index is 14.0. The van der Waals surface area contributed by atoms with Crippen LogP contribution in [0.1, 0.15) is 33.8 Å². The Bertz CT molecular complexity index is 1560. The van der Waals surface area contributed by atoms with Gasteiger partial charge in [0.1, 0.15) is 23.4 Å². The van der Waals surface area contributed by atoms with Crippen LogP contribution in [0, 0.1) is 5.82 Å². The highest BCUT2D eigenvalue weighted by atomic mass is 32.1. The van der Waals surface area contributed by atoms with Gasteiger partial charge in [-0.3, -0.25) is 14.3 Å². The van der Waals surface area contributed by atoms with Gasteiger partial charge in [0.2, 0.25) is 11.9 Å². The van der Waals surface area contributed by atoms with Gasteiger partial charge in [-0.1, -0.05) is 0 Å². The van der Waals surface area contributed by atoms with Crippen LogP contribution in [0.15, 0.2) is 48.8 Å². The number of thiophene rings is 1. The third-order valence-corrected chi connectivity index (χ3v) is 7.94. The van der Waals surface area contributed by atoms with Gasteiger partial charge in [0.25, 0.3) is 5.91 Å². The van der Waals surface area contributed by atoms with E-state index in [4.69, 9.17) is 4.74 Å². The minimum atomic E-state index is -0.866. The number of hydrogen-bond acceptors (Lipinski definition) is 9. The van der Waals surface area contributed by atoms with Crippen molar-refractivity contribution in [1.29, 1.82) is 0 Å². The summed E-state index contributed by atoms with van der Waals surface area (Å²) in [5.41, 5.74) is 1.55. The molecule has 3 N–H and O–H groups in total. The second-order valence-electron chi connectivity index (χ2n) is 9.27. The lowest BCUT2D eigenvalue weighted by Crippen LogP contribution is -2.51. The highest BCUT2D eigenvalue weighted by Crippen LogP contribution is 2.35. The van der Waals surface area contributed by atoms with Gasteiger partial charge in [0.15, 0.2) is 0 Å². The molecule has 3 aromatic heterocycles. The first-order chi connectivity index (χ1) is 19.3. The van der Waals surface area contributed by atoms with E-state index in [1.807, 2.05) is 6.07 Å². The fraction of sp³-hybridized carbons (Fsp3) is 0.296. The standard InChI is InChI=1S/C27H28FN7O4S/c1-15(25(37)31-21(14-36)16-10-17(28)12-18(11-16)39-3)35-9-6-22-19(26(35)38)13-23(40-22)20-4-7-29-27(32-20)33-24-5-8-30-34(24)2/h4-5,7-8,10-13,15,21,36H,6,9,14H2,1-3H3,(H,31,37)(H,29,32,33). The van der Waals surface area contributed by atoms with Crippen LogP contribution in [0.5, 0.6) is 5.75 Å². The summed E-state index contributed by atoms with van der Waals surface area (Å²) >= 11 is 1.49. The molecule has 0 bridgehead atoms. The number of fused-ring (bicyclic) bond motifs is 1. The Morgan fingerprint density at radius 2 is 2.08 bits per heavy atom. The number of methoxy groups -OCH3 is 1. The number of benzene rings is 1. The number of carbonyl (C=O) groups is 2. The summed E-state index contributed by atoms with van der Waals surface area (Å²) in [5, 5.41) is 19.9. The lowest BCUT2D eigenvalue weighted by atomic mass is 10.0. The Morgan fingerprint density at radius 3 is 2.80 bits per heavy atom. The molecule has 2 amide bonds. The van der Waals surface area contributed by atoms with E-state index in [0.29, 0.717) is 35.7 Å². The lowest BCUT2D eigenvalue weighted by Gasteiger charge is -2.32. The third-order valence-electron chi connectivity index (χ3n) is 6.73. The number of anilines is 2. The number of carbonyl (C=O) groups excluding carboxylic acids is 2. The summed E-state index contributed by atoms with van der Waals surface area (Å²) in [6, 6.07) is 7.68. The lowest BCUT2D eigenvalue weighted by molar-refractivity contribution is -0.126. The van der Waals surface area contributed by atoms with Gasteiger partial charge < -0.3 is 25.4 Å². The number of rotatable bonds is 9. The number of aromatic nitrogens is 4. The molecule has 208 valence electrons. The Balaban J connectivity index is 1.30. The van der Waals surface area contributed by atoms with Crippen molar-refractivity contribution in [2.45, 2.75) is 25.4 Å². The molecule has 1 aliphatic rings. The Hall–Kier alpha value is -4.36. The average Bonchev–Trinajstić information content (AvgIpc) is 3.57. The monoisotopic (exact) mass is 565 g/mol. The summed E-state index contributed by atoms with van der Waals surface area (Å²) in [6.45, 7) is 1.54. The SMILES string of the molecule is COc1cc(F)cc(C(CO)NC(=O)C(C)N2CCc3sc(-c4ccnc(Nc5ccnn5C)n4)cc3C2=O)c1. The maximum atomic E-state index is 14.0. The molecule has 0 saturated heterocycles. The van der Waals surface area contributed by atoms with E-state index >= 15 is 0 Å². The van der Waals surface area contributed by atoms with Gasteiger partial charge in [-0.05, 0) is 36.8 Å². The predicted octanol–water partition coefficient (Wildman–Crippen LogP) is 3.07. The molecule has 11 nitrogen and oxygen atoms in total. The van der Waals surface area contributed by atoms with Gasteiger partial charge >= 0.3 is 0 Å². The fourth-order valence-electron chi connectivity index (χ4n) is 4.51.